The molecule has 0 amide bonds. The fourth-order valence-electron chi connectivity index (χ4n) is 5.27. The maximum absolute atomic E-state index is 9.39. The van der Waals surface area contributed by atoms with Crippen LogP contribution in [-0.2, 0) is 0 Å². The van der Waals surface area contributed by atoms with Crippen LogP contribution in [-0.4, -0.2) is 11.7 Å². The first-order valence-corrected chi connectivity index (χ1v) is 7.36. The maximum Gasteiger partial charge on any atom is 0.0468 e. The molecule has 3 atom stereocenters. The average molecular weight is 234 g/mol. The minimum absolute atomic E-state index is 0.333. The summed E-state index contributed by atoms with van der Waals surface area (Å²) in [7, 11) is 0. The van der Waals surface area contributed by atoms with E-state index in [1.165, 1.54) is 32.1 Å². The fourth-order valence-corrected chi connectivity index (χ4v) is 5.27. The van der Waals surface area contributed by atoms with E-state index in [1.54, 1.807) is 11.1 Å². The Morgan fingerprint density at radius 3 is 2.76 bits per heavy atom. The molecule has 1 spiro atoms. The van der Waals surface area contributed by atoms with Crippen molar-refractivity contribution in [2.75, 3.05) is 6.61 Å². The maximum atomic E-state index is 9.39. The van der Waals surface area contributed by atoms with Crippen molar-refractivity contribution in [3.63, 3.8) is 0 Å². The van der Waals surface area contributed by atoms with Gasteiger partial charge < -0.3 is 5.11 Å². The molecular weight excluding hydrogens is 208 g/mol. The molecule has 2 fully saturated rings. The molecule has 96 valence electrons. The molecule has 0 aromatic carbocycles. The van der Waals surface area contributed by atoms with Gasteiger partial charge in [0.25, 0.3) is 0 Å². The van der Waals surface area contributed by atoms with Crippen LogP contribution in [0.15, 0.2) is 11.1 Å². The fraction of sp³-hybridized carbons (Fsp3) is 0.875. The molecule has 1 nitrogen and oxygen atoms in total. The molecule has 0 radical (unpaired) electrons. The quantitative estimate of drug-likeness (QED) is 0.718. The zero-order valence-corrected chi connectivity index (χ0v) is 11.6. The van der Waals surface area contributed by atoms with Crippen molar-refractivity contribution in [3.05, 3.63) is 11.1 Å². The number of hydrogen-bond acceptors (Lipinski definition) is 1. The number of fused-ring (bicyclic) bond motifs is 1. The lowest BCUT2D eigenvalue weighted by atomic mass is 9.60. The van der Waals surface area contributed by atoms with Crippen molar-refractivity contribution in [1.29, 1.82) is 0 Å². The minimum atomic E-state index is 0.333. The van der Waals surface area contributed by atoms with E-state index in [-0.39, 0.29) is 0 Å². The number of rotatable bonds is 2. The molecule has 3 rings (SSSR count). The Bertz CT molecular complexity index is 362. The van der Waals surface area contributed by atoms with Crippen molar-refractivity contribution in [2.45, 2.75) is 59.3 Å². The van der Waals surface area contributed by atoms with E-state index in [0.717, 1.165) is 18.3 Å². The Hall–Kier alpha value is -0.300. The van der Waals surface area contributed by atoms with Crippen LogP contribution in [0.3, 0.4) is 0 Å². The van der Waals surface area contributed by atoms with Crippen molar-refractivity contribution >= 4 is 0 Å². The standard InChI is InChI=1S/C16H26O/c1-11-4-5-14-13(7-9-17)15(2,3)12-6-8-16(11,14)10-12/h11-12,17H,4-10H2,1-3H3/t11-,12+,16-/m0/s1. The summed E-state index contributed by atoms with van der Waals surface area (Å²) in [5, 5.41) is 9.39. The number of aliphatic hydroxyl groups excluding tert-OH is 1. The first kappa shape index (κ1) is 11.8. The summed E-state index contributed by atoms with van der Waals surface area (Å²) in [6, 6.07) is 0. The first-order chi connectivity index (χ1) is 8.02. The van der Waals surface area contributed by atoms with Crippen LogP contribution < -0.4 is 0 Å². The molecule has 0 unspecified atom stereocenters. The summed E-state index contributed by atoms with van der Waals surface area (Å²) in [4.78, 5) is 0. The van der Waals surface area contributed by atoms with Crippen LogP contribution in [0.4, 0.5) is 0 Å². The van der Waals surface area contributed by atoms with Crippen LogP contribution >= 0.6 is 0 Å². The predicted octanol–water partition coefficient (Wildman–Crippen LogP) is 3.92. The van der Waals surface area contributed by atoms with Crippen molar-refractivity contribution < 1.29 is 5.11 Å². The highest BCUT2D eigenvalue weighted by molar-refractivity contribution is 5.37. The topological polar surface area (TPSA) is 20.2 Å². The van der Waals surface area contributed by atoms with Gasteiger partial charge in [-0.15, -0.1) is 0 Å². The average Bonchev–Trinajstić information content (AvgIpc) is 2.83. The number of allylic oxidation sites excluding steroid dienone is 1. The summed E-state index contributed by atoms with van der Waals surface area (Å²) in [5.41, 5.74) is 4.32. The van der Waals surface area contributed by atoms with Gasteiger partial charge >= 0.3 is 0 Å². The predicted molar refractivity (Wildman–Crippen MR) is 70.7 cm³/mol. The summed E-state index contributed by atoms with van der Waals surface area (Å²) in [5.74, 6) is 1.75. The lowest BCUT2D eigenvalue weighted by Crippen LogP contribution is -2.35. The van der Waals surface area contributed by atoms with Gasteiger partial charge in [0.15, 0.2) is 0 Å². The second-order valence-electron chi connectivity index (χ2n) is 7.19. The van der Waals surface area contributed by atoms with Gasteiger partial charge in [-0.3, -0.25) is 0 Å². The highest BCUT2D eigenvalue weighted by atomic mass is 16.3. The molecular formula is C16H26O. The molecule has 0 aromatic rings. The van der Waals surface area contributed by atoms with Gasteiger partial charge in [-0.1, -0.05) is 31.9 Å². The van der Waals surface area contributed by atoms with Crippen LogP contribution in [0.25, 0.3) is 0 Å². The van der Waals surface area contributed by atoms with Gasteiger partial charge in [0.05, 0.1) is 0 Å². The third-order valence-corrected chi connectivity index (χ3v) is 6.45. The molecule has 17 heavy (non-hydrogen) atoms. The van der Waals surface area contributed by atoms with E-state index < -0.39 is 0 Å². The van der Waals surface area contributed by atoms with Crippen LogP contribution in [0, 0.1) is 22.7 Å². The van der Waals surface area contributed by atoms with Gasteiger partial charge in [-0.2, -0.15) is 0 Å². The monoisotopic (exact) mass is 234 g/mol. The van der Waals surface area contributed by atoms with Crippen LogP contribution in [0.2, 0.25) is 0 Å². The van der Waals surface area contributed by atoms with E-state index in [1.807, 2.05) is 0 Å². The highest BCUT2D eigenvalue weighted by Crippen LogP contribution is 2.68. The lowest BCUT2D eigenvalue weighted by molar-refractivity contribution is 0.171. The van der Waals surface area contributed by atoms with Gasteiger partial charge in [-0.25, -0.2) is 0 Å². The summed E-state index contributed by atoms with van der Waals surface area (Å²) >= 11 is 0. The van der Waals surface area contributed by atoms with Gasteiger partial charge in [0.1, 0.15) is 0 Å². The van der Waals surface area contributed by atoms with Gasteiger partial charge in [0, 0.05) is 6.61 Å². The Balaban J connectivity index is 2.13. The van der Waals surface area contributed by atoms with E-state index in [2.05, 4.69) is 20.8 Å². The first-order valence-electron chi connectivity index (χ1n) is 7.36. The normalized spacial score (nSPS) is 43.1. The van der Waals surface area contributed by atoms with E-state index in [9.17, 15) is 5.11 Å². The van der Waals surface area contributed by atoms with Crippen molar-refractivity contribution in [2.24, 2.45) is 22.7 Å². The highest BCUT2D eigenvalue weighted by Gasteiger charge is 2.57. The van der Waals surface area contributed by atoms with Crippen molar-refractivity contribution in [1.82, 2.24) is 0 Å². The van der Waals surface area contributed by atoms with Gasteiger partial charge in [-0.05, 0) is 61.2 Å². The summed E-state index contributed by atoms with van der Waals surface area (Å²) in [6.45, 7) is 7.64. The Kier molecular flexibility index (Phi) is 2.49. The molecule has 1 N–H and O–H groups in total. The number of aliphatic hydroxyl groups is 1. The Morgan fingerprint density at radius 1 is 1.29 bits per heavy atom. The van der Waals surface area contributed by atoms with E-state index in [4.69, 9.17) is 0 Å². The van der Waals surface area contributed by atoms with Crippen molar-refractivity contribution in [3.8, 4) is 0 Å². The SMILES string of the molecule is C[C@H]1CCC2=C(CCO)C(C)(C)[C@@H]3CC[C@@]21C3. The molecule has 1 heteroatoms. The zero-order valence-electron chi connectivity index (χ0n) is 11.6. The second-order valence-corrected chi connectivity index (χ2v) is 7.19. The minimum Gasteiger partial charge on any atom is -0.396 e. The largest absolute Gasteiger partial charge is 0.396 e. The molecule has 3 aliphatic rings. The molecule has 0 aromatic heterocycles. The Morgan fingerprint density at radius 2 is 2.06 bits per heavy atom. The van der Waals surface area contributed by atoms with Gasteiger partial charge in [0.2, 0.25) is 0 Å². The molecule has 0 aliphatic heterocycles. The zero-order chi connectivity index (χ0) is 12.3. The Labute approximate surface area is 105 Å². The molecule has 2 saturated carbocycles. The molecule has 0 heterocycles. The molecule has 3 aliphatic carbocycles. The van der Waals surface area contributed by atoms with Crippen LogP contribution in [0.5, 0.6) is 0 Å². The van der Waals surface area contributed by atoms with E-state index in [0.29, 0.717) is 17.4 Å². The summed E-state index contributed by atoms with van der Waals surface area (Å²) < 4.78 is 0. The second kappa shape index (κ2) is 3.60. The lowest BCUT2D eigenvalue weighted by Gasteiger charge is -2.45. The number of hydrogen-bond donors (Lipinski definition) is 1. The van der Waals surface area contributed by atoms with Crippen LogP contribution in [0.1, 0.15) is 59.3 Å². The summed E-state index contributed by atoms with van der Waals surface area (Å²) in [6.07, 6.45) is 7.89. The molecule has 0 saturated heterocycles. The van der Waals surface area contributed by atoms with E-state index >= 15 is 0 Å². The smallest absolute Gasteiger partial charge is 0.0468 e. The third kappa shape index (κ3) is 1.35. The molecule has 2 bridgehead atoms. The third-order valence-electron chi connectivity index (χ3n) is 6.45.